The zero-order chi connectivity index (χ0) is 21.2. The molecule has 0 bridgehead atoms. The Hall–Kier alpha value is -2.74. The van der Waals surface area contributed by atoms with Crippen molar-refractivity contribution in [2.45, 2.75) is 32.7 Å². The molecule has 156 valence electrons. The van der Waals surface area contributed by atoms with Gasteiger partial charge in [0.2, 0.25) is 0 Å². The van der Waals surface area contributed by atoms with E-state index in [0.717, 1.165) is 13.0 Å². The molecule has 2 aromatic rings. The van der Waals surface area contributed by atoms with E-state index in [-0.39, 0.29) is 22.9 Å². The first-order valence-corrected chi connectivity index (χ1v) is 10.1. The van der Waals surface area contributed by atoms with Crippen LogP contribution in [0.3, 0.4) is 0 Å². The molecule has 3 rings (SSSR count). The Balaban J connectivity index is 1.74. The van der Waals surface area contributed by atoms with Gasteiger partial charge < -0.3 is 15.1 Å². The second-order valence-corrected chi connectivity index (χ2v) is 8.69. The number of quaternary nitrogens is 1. The largest absolute Gasteiger partial charge is 0.347 e. The van der Waals surface area contributed by atoms with Crippen molar-refractivity contribution in [3.63, 3.8) is 0 Å². The first-order chi connectivity index (χ1) is 13.7. The van der Waals surface area contributed by atoms with E-state index in [4.69, 9.17) is 0 Å². The summed E-state index contributed by atoms with van der Waals surface area (Å²) in [6, 6.07) is 7.08. The van der Waals surface area contributed by atoms with Gasteiger partial charge in [0.15, 0.2) is 12.2 Å². The lowest BCUT2D eigenvalue weighted by Crippen LogP contribution is -3.13. The highest BCUT2D eigenvalue weighted by Gasteiger charge is 2.27. The summed E-state index contributed by atoms with van der Waals surface area (Å²) < 4.78 is 1.22. The van der Waals surface area contributed by atoms with Gasteiger partial charge in [0.25, 0.3) is 17.4 Å². The van der Waals surface area contributed by atoms with E-state index in [9.17, 15) is 14.4 Å². The maximum atomic E-state index is 13.2. The second kappa shape index (κ2) is 8.32. The quantitative estimate of drug-likeness (QED) is 0.733. The van der Waals surface area contributed by atoms with Gasteiger partial charge in [-0.05, 0) is 26.8 Å². The lowest BCUT2D eigenvalue weighted by atomic mass is 10.1. The van der Waals surface area contributed by atoms with Crippen molar-refractivity contribution in [2.24, 2.45) is 7.05 Å². The fourth-order valence-corrected chi connectivity index (χ4v) is 3.73. The molecule has 2 amide bonds. The molecule has 2 heterocycles. The van der Waals surface area contributed by atoms with Gasteiger partial charge in [0.05, 0.1) is 25.0 Å². The fraction of sp³-hybridized carbons (Fsp3) is 0.524. The highest BCUT2D eigenvalue weighted by atomic mass is 16.2. The third kappa shape index (κ3) is 5.00. The number of benzene rings is 1. The van der Waals surface area contributed by atoms with Crippen LogP contribution in [0.25, 0.3) is 10.8 Å². The lowest BCUT2D eigenvalue weighted by Gasteiger charge is -2.23. The number of aromatic nitrogens is 2. The molecule has 8 nitrogen and oxygen atoms in total. The van der Waals surface area contributed by atoms with Gasteiger partial charge in [0.1, 0.15) is 0 Å². The summed E-state index contributed by atoms with van der Waals surface area (Å²) >= 11 is 0. The maximum Gasteiger partial charge on any atom is 0.275 e. The molecule has 1 aliphatic heterocycles. The Kier molecular flexibility index (Phi) is 6.02. The van der Waals surface area contributed by atoms with E-state index in [1.807, 2.05) is 26.8 Å². The van der Waals surface area contributed by atoms with E-state index in [2.05, 4.69) is 10.4 Å². The van der Waals surface area contributed by atoms with Crippen molar-refractivity contribution in [1.82, 2.24) is 20.0 Å². The Morgan fingerprint density at radius 3 is 2.52 bits per heavy atom. The summed E-state index contributed by atoms with van der Waals surface area (Å²) in [4.78, 5) is 40.7. The Bertz CT molecular complexity index is 976. The number of fused-ring (bicyclic) bond motifs is 1. The van der Waals surface area contributed by atoms with E-state index in [0.29, 0.717) is 42.6 Å². The molecule has 29 heavy (non-hydrogen) atoms. The number of carbonyl (C=O) groups excluding carboxylic acids is 2. The summed E-state index contributed by atoms with van der Waals surface area (Å²) in [5, 5.41) is 8.33. The van der Waals surface area contributed by atoms with E-state index in [1.54, 1.807) is 30.1 Å². The minimum atomic E-state index is -0.250. The molecule has 1 aromatic heterocycles. The molecule has 2 N–H and O–H groups in total. The van der Waals surface area contributed by atoms with Gasteiger partial charge in [-0.15, -0.1) is 0 Å². The predicted molar refractivity (Wildman–Crippen MR) is 111 cm³/mol. The van der Waals surface area contributed by atoms with Crippen molar-refractivity contribution in [3.05, 3.63) is 40.3 Å². The van der Waals surface area contributed by atoms with E-state index >= 15 is 0 Å². The minimum Gasteiger partial charge on any atom is -0.347 e. The van der Waals surface area contributed by atoms with Crippen LogP contribution < -0.4 is 15.8 Å². The van der Waals surface area contributed by atoms with Gasteiger partial charge >= 0.3 is 0 Å². The normalized spacial score (nSPS) is 17.8. The number of hydrogen-bond donors (Lipinski definition) is 2. The maximum absolute atomic E-state index is 13.2. The van der Waals surface area contributed by atoms with Gasteiger partial charge in [-0.3, -0.25) is 14.4 Å². The number of carbonyl (C=O) groups is 2. The Morgan fingerprint density at radius 1 is 1.14 bits per heavy atom. The summed E-state index contributed by atoms with van der Waals surface area (Å²) in [6.45, 7) is 9.00. The molecule has 1 aliphatic rings. The van der Waals surface area contributed by atoms with Crippen LogP contribution in [0, 0.1) is 0 Å². The first kappa shape index (κ1) is 21.0. The van der Waals surface area contributed by atoms with Crippen LogP contribution in [0.15, 0.2) is 29.1 Å². The SMILES string of the molecule is Cn1nc(C(=O)N2CCC[NH+](CC(=O)NC(C)(C)C)CC2)c2ccccc2c1=O. The summed E-state index contributed by atoms with van der Waals surface area (Å²) in [6.07, 6.45) is 0.813. The van der Waals surface area contributed by atoms with Gasteiger partial charge in [0, 0.05) is 30.9 Å². The summed E-state index contributed by atoms with van der Waals surface area (Å²) in [5.74, 6) is -0.143. The fourth-order valence-electron chi connectivity index (χ4n) is 3.73. The van der Waals surface area contributed by atoms with Crippen LogP contribution in [0.5, 0.6) is 0 Å². The van der Waals surface area contributed by atoms with Crippen LogP contribution in [0.4, 0.5) is 0 Å². The molecule has 0 spiro atoms. The average molecular weight is 401 g/mol. The summed E-state index contributed by atoms with van der Waals surface area (Å²) in [7, 11) is 1.56. The van der Waals surface area contributed by atoms with Crippen molar-refractivity contribution < 1.29 is 14.5 Å². The van der Waals surface area contributed by atoms with Crippen LogP contribution >= 0.6 is 0 Å². The Morgan fingerprint density at radius 2 is 1.83 bits per heavy atom. The number of rotatable bonds is 3. The molecule has 0 aliphatic carbocycles. The zero-order valence-electron chi connectivity index (χ0n) is 17.6. The van der Waals surface area contributed by atoms with Crippen molar-refractivity contribution in [3.8, 4) is 0 Å². The van der Waals surface area contributed by atoms with E-state index in [1.165, 1.54) is 9.58 Å². The monoisotopic (exact) mass is 400 g/mol. The minimum absolute atomic E-state index is 0.0259. The van der Waals surface area contributed by atoms with Crippen molar-refractivity contribution >= 4 is 22.6 Å². The summed E-state index contributed by atoms with van der Waals surface area (Å²) in [5.41, 5.74) is -0.162. The van der Waals surface area contributed by atoms with Gasteiger partial charge in [-0.2, -0.15) is 5.10 Å². The molecule has 1 aromatic carbocycles. The number of nitrogens with zero attached hydrogens (tertiary/aromatic N) is 3. The lowest BCUT2D eigenvalue weighted by molar-refractivity contribution is -0.889. The molecule has 1 atom stereocenters. The van der Waals surface area contributed by atoms with Crippen molar-refractivity contribution in [2.75, 3.05) is 32.7 Å². The molecule has 0 radical (unpaired) electrons. The topological polar surface area (TPSA) is 88.7 Å². The number of aryl methyl sites for hydroxylation is 1. The molecule has 1 unspecified atom stereocenters. The highest BCUT2D eigenvalue weighted by molar-refractivity contribution is 6.04. The number of nitrogens with one attached hydrogen (secondary N) is 2. The predicted octanol–water partition coefficient (Wildman–Crippen LogP) is -0.421. The Labute approximate surface area is 170 Å². The van der Waals surface area contributed by atoms with Gasteiger partial charge in [-0.1, -0.05) is 18.2 Å². The van der Waals surface area contributed by atoms with E-state index < -0.39 is 0 Å². The third-order valence-corrected chi connectivity index (χ3v) is 5.06. The van der Waals surface area contributed by atoms with Crippen LogP contribution in [-0.4, -0.2) is 64.8 Å². The van der Waals surface area contributed by atoms with Gasteiger partial charge in [-0.25, -0.2) is 4.68 Å². The molecule has 1 saturated heterocycles. The smallest absolute Gasteiger partial charge is 0.275 e. The van der Waals surface area contributed by atoms with Crippen LogP contribution in [0.2, 0.25) is 0 Å². The molecular formula is C21H30N5O3+. The molecular weight excluding hydrogens is 370 g/mol. The molecule has 8 heteroatoms. The second-order valence-electron chi connectivity index (χ2n) is 8.69. The zero-order valence-corrected chi connectivity index (χ0v) is 17.6. The third-order valence-electron chi connectivity index (χ3n) is 5.06. The van der Waals surface area contributed by atoms with Crippen LogP contribution in [0.1, 0.15) is 37.7 Å². The van der Waals surface area contributed by atoms with Crippen molar-refractivity contribution in [1.29, 1.82) is 0 Å². The molecule has 0 saturated carbocycles. The van der Waals surface area contributed by atoms with Crippen LogP contribution in [-0.2, 0) is 11.8 Å². The average Bonchev–Trinajstić information content (AvgIpc) is 2.88. The molecule has 1 fully saturated rings. The number of hydrogen-bond acceptors (Lipinski definition) is 4. The standard InChI is InChI=1S/C21H29N5O3/c1-21(2,3)22-17(27)14-25-10-7-11-26(13-12-25)20(29)18-15-8-5-6-9-16(15)19(28)24(4)23-18/h5-6,8-9H,7,10-14H2,1-4H3,(H,22,27)/p+1. The first-order valence-electron chi connectivity index (χ1n) is 10.1. The number of amides is 2. The highest BCUT2D eigenvalue weighted by Crippen LogP contribution is 2.15.